The third kappa shape index (κ3) is 2.75. The number of nitrogen functional groups attached to an aromatic ring is 1. The van der Waals surface area contributed by atoms with Crippen molar-refractivity contribution in [2.24, 2.45) is 0 Å². The van der Waals surface area contributed by atoms with E-state index in [1.54, 1.807) is 4.90 Å². The molecule has 3 nitrogen and oxygen atoms in total. The molecule has 0 atom stereocenters. The Balaban J connectivity index is 2.43. The zero-order valence-corrected chi connectivity index (χ0v) is 11.6. The second-order valence-corrected chi connectivity index (χ2v) is 4.72. The van der Waals surface area contributed by atoms with Gasteiger partial charge >= 0.3 is 0 Å². The van der Waals surface area contributed by atoms with Crippen molar-refractivity contribution in [2.45, 2.75) is 13.3 Å². The summed E-state index contributed by atoms with van der Waals surface area (Å²) in [6, 6.07) is 11.5. The molecule has 0 aliphatic carbocycles. The van der Waals surface area contributed by atoms with Crippen LogP contribution in [0.1, 0.15) is 23.7 Å². The summed E-state index contributed by atoms with van der Waals surface area (Å²) < 4.78 is 0. The van der Waals surface area contributed by atoms with Gasteiger partial charge in [-0.3, -0.25) is 4.79 Å². The lowest BCUT2D eigenvalue weighted by Gasteiger charge is -2.20. The first-order valence-corrected chi connectivity index (χ1v) is 6.68. The number of amides is 1. The number of rotatable bonds is 4. The number of carbonyl (C=O) groups excluding carboxylic acids is 1. The molecule has 0 aliphatic rings. The second-order valence-electron chi connectivity index (χ2n) is 4.72. The van der Waals surface area contributed by atoms with Gasteiger partial charge < -0.3 is 10.6 Å². The van der Waals surface area contributed by atoms with E-state index in [1.807, 2.05) is 43.3 Å². The quantitative estimate of drug-likeness (QED) is 0.683. The van der Waals surface area contributed by atoms with E-state index in [0.29, 0.717) is 24.3 Å². The number of hydrogen-bond donors (Lipinski definition) is 1. The monoisotopic (exact) mass is 266 g/mol. The Kier molecular flexibility index (Phi) is 4.27. The van der Waals surface area contributed by atoms with Crippen LogP contribution in [0.3, 0.4) is 0 Å². The van der Waals surface area contributed by atoms with Gasteiger partial charge in [-0.05, 0) is 29.3 Å². The molecule has 2 aromatic carbocycles. The summed E-state index contributed by atoms with van der Waals surface area (Å²) in [6.45, 7) is 2.95. The normalized spacial score (nSPS) is 10.2. The number of terminal acetylenes is 1. The third-order valence-electron chi connectivity index (χ3n) is 3.21. The highest BCUT2D eigenvalue weighted by atomic mass is 16.2. The van der Waals surface area contributed by atoms with E-state index in [1.165, 1.54) is 0 Å². The van der Waals surface area contributed by atoms with Crippen LogP contribution in [0.15, 0.2) is 36.4 Å². The van der Waals surface area contributed by atoms with Crippen molar-refractivity contribution in [2.75, 3.05) is 18.8 Å². The molecule has 20 heavy (non-hydrogen) atoms. The lowest BCUT2D eigenvalue weighted by Crippen LogP contribution is -2.32. The molecule has 0 saturated heterocycles. The molecule has 0 bridgehead atoms. The van der Waals surface area contributed by atoms with Crippen LogP contribution in [0, 0.1) is 12.3 Å². The summed E-state index contributed by atoms with van der Waals surface area (Å²) in [5.41, 5.74) is 7.03. The van der Waals surface area contributed by atoms with Crippen molar-refractivity contribution < 1.29 is 4.79 Å². The van der Waals surface area contributed by atoms with Crippen LogP contribution in [0.2, 0.25) is 0 Å². The summed E-state index contributed by atoms with van der Waals surface area (Å²) in [7, 11) is 0. The van der Waals surface area contributed by atoms with Crippen molar-refractivity contribution >= 4 is 22.4 Å². The van der Waals surface area contributed by atoms with Gasteiger partial charge in [0.1, 0.15) is 0 Å². The molecule has 3 heteroatoms. The van der Waals surface area contributed by atoms with Gasteiger partial charge in [0, 0.05) is 12.2 Å². The van der Waals surface area contributed by atoms with E-state index in [-0.39, 0.29) is 5.91 Å². The van der Waals surface area contributed by atoms with Gasteiger partial charge in [0.25, 0.3) is 5.91 Å². The number of fused-ring (bicyclic) bond motifs is 1. The molecule has 0 fully saturated rings. The summed E-state index contributed by atoms with van der Waals surface area (Å²) in [4.78, 5) is 14.2. The van der Waals surface area contributed by atoms with Gasteiger partial charge in [-0.2, -0.15) is 0 Å². The number of hydrogen-bond acceptors (Lipinski definition) is 2. The van der Waals surface area contributed by atoms with Crippen molar-refractivity contribution in [3.05, 3.63) is 42.0 Å². The highest BCUT2D eigenvalue weighted by Gasteiger charge is 2.17. The van der Waals surface area contributed by atoms with Crippen LogP contribution in [0.5, 0.6) is 0 Å². The topological polar surface area (TPSA) is 46.3 Å². The maximum atomic E-state index is 12.5. The maximum Gasteiger partial charge on any atom is 0.256 e. The molecule has 1 amide bonds. The summed E-state index contributed by atoms with van der Waals surface area (Å²) in [5, 5.41) is 2.03. The predicted octanol–water partition coefficient (Wildman–Crippen LogP) is 2.91. The minimum atomic E-state index is -0.104. The number of anilines is 1. The van der Waals surface area contributed by atoms with Crippen LogP contribution < -0.4 is 5.73 Å². The average Bonchev–Trinajstić information content (AvgIpc) is 2.45. The summed E-state index contributed by atoms with van der Waals surface area (Å²) >= 11 is 0. The second kappa shape index (κ2) is 6.12. The van der Waals surface area contributed by atoms with Crippen LogP contribution in [-0.2, 0) is 0 Å². The van der Waals surface area contributed by atoms with Gasteiger partial charge in [-0.15, -0.1) is 6.42 Å². The molecule has 0 saturated carbocycles. The van der Waals surface area contributed by atoms with Crippen LogP contribution in [0.4, 0.5) is 5.69 Å². The van der Waals surface area contributed by atoms with Crippen molar-refractivity contribution in [3.8, 4) is 12.3 Å². The molecular formula is C17H18N2O. The Morgan fingerprint density at radius 2 is 1.95 bits per heavy atom. The van der Waals surface area contributed by atoms with E-state index in [4.69, 9.17) is 12.2 Å². The van der Waals surface area contributed by atoms with Crippen molar-refractivity contribution in [3.63, 3.8) is 0 Å². The average molecular weight is 266 g/mol. The summed E-state index contributed by atoms with van der Waals surface area (Å²) in [5.74, 6) is 2.42. The van der Waals surface area contributed by atoms with Gasteiger partial charge in [0.2, 0.25) is 0 Å². The molecule has 0 heterocycles. The smallest absolute Gasteiger partial charge is 0.256 e. The zero-order valence-electron chi connectivity index (χ0n) is 11.6. The zero-order chi connectivity index (χ0) is 14.5. The minimum Gasteiger partial charge on any atom is -0.398 e. The fourth-order valence-electron chi connectivity index (χ4n) is 2.25. The number of carbonyl (C=O) groups is 1. The number of nitrogens with zero attached hydrogens (tertiary/aromatic N) is 1. The van der Waals surface area contributed by atoms with Gasteiger partial charge in [-0.1, -0.05) is 37.1 Å². The highest BCUT2D eigenvalue weighted by Crippen LogP contribution is 2.23. The van der Waals surface area contributed by atoms with Gasteiger partial charge in [0.15, 0.2) is 0 Å². The van der Waals surface area contributed by atoms with E-state index in [9.17, 15) is 4.79 Å². The first-order valence-electron chi connectivity index (χ1n) is 6.68. The van der Waals surface area contributed by atoms with Crippen LogP contribution >= 0.6 is 0 Å². The first kappa shape index (κ1) is 14.0. The molecule has 102 valence electrons. The largest absolute Gasteiger partial charge is 0.398 e. The number of benzene rings is 2. The van der Waals surface area contributed by atoms with Gasteiger partial charge in [-0.25, -0.2) is 0 Å². The third-order valence-corrected chi connectivity index (χ3v) is 3.21. The fraction of sp³-hybridized carbons (Fsp3) is 0.235. The Bertz CT molecular complexity index is 670. The Hall–Kier alpha value is -2.47. The molecule has 0 aliphatic heterocycles. The maximum absolute atomic E-state index is 12.5. The van der Waals surface area contributed by atoms with E-state index < -0.39 is 0 Å². The lowest BCUT2D eigenvalue weighted by molar-refractivity contribution is 0.0778. The lowest BCUT2D eigenvalue weighted by atomic mass is 10.0. The van der Waals surface area contributed by atoms with E-state index in [0.717, 1.165) is 17.2 Å². The molecule has 2 rings (SSSR count). The fourth-order valence-corrected chi connectivity index (χ4v) is 2.25. The Morgan fingerprint density at radius 1 is 1.30 bits per heavy atom. The molecular weight excluding hydrogens is 248 g/mol. The molecule has 0 spiro atoms. The van der Waals surface area contributed by atoms with Crippen molar-refractivity contribution in [1.29, 1.82) is 0 Å². The first-order chi connectivity index (χ1) is 9.67. The SMILES string of the molecule is C#CCN(CCC)C(=O)c1cc2ccccc2cc1N. The highest BCUT2D eigenvalue weighted by molar-refractivity contribution is 6.04. The van der Waals surface area contributed by atoms with E-state index >= 15 is 0 Å². The molecule has 0 unspecified atom stereocenters. The minimum absolute atomic E-state index is 0.104. The Labute approximate surface area is 119 Å². The predicted molar refractivity (Wildman–Crippen MR) is 83.4 cm³/mol. The molecule has 2 aromatic rings. The Morgan fingerprint density at radius 3 is 2.55 bits per heavy atom. The number of nitrogens with two attached hydrogens (primary N) is 1. The molecule has 2 N–H and O–H groups in total. The van der Waals surface area contributed by atoms with Crippen molar-refractivity contribution in [1.82, 2.24) is 4.90 Å². The molecule has 0 aromatic heterocycles. The van der Waals surface area contributed by atoms with Crippen LogP contribution in [-0.4, -0.2) is 23.9 Å². The standard InChI is InChI=1S/C17H18N2O/c1-3-9-19(10-4-2)17(20)15-11-13-7-5-6-8-14(13)12-16(15)18/h1,5-8,11-12H,4,9-10,18H2,2H3. The summed E-state index contributed by atoms with van der Waals surface area (Å²) in [6.07, 6.45) is 6.19. The van der Waals surface area contributed by atoms with Crippen LogP contribution in [0.25, 0.3) is 10.8 Å². The van der Waals surface area contributed by atoms with E-state index in [2.05, 4.69) is 5.92 Å². The molecule has 0 radical (unpaired) electrons. The van der Waals surface area contributed by atoms with Gasteiger partial charge in [0.05, 0.1) is 12.1 Å².